The van der Waals surface area contributed by atoms with Gasteiger partial charge in [-0.15, -0.1) is 0 Å². The number of hydrogen-bond donors (Lipinski definition) is 0. The number of hydrogen-bond acceptors (Lipinski definition) is 3. The predicted molar refractivity (Wildman–Crippen MR) is 48.8 cm³/mol. The summed E-state index contributed by atoms with van der Waals surface area (Å²) in [5.74, 6) is 0. The number of amides is 2. The van der Waals surface area contributed by atoms with Crippen LogP contribution in [-0.4, -0.2) is 43.0 Å². The lowest BCUT2D eigenvalue weighted by Gasteiger charge is -2.24. The van der Waals surface area contributed by atoms with E-state index in [-0.39, 0.29) is 6.03 Å². The highest BCUT2D eigenvalue weighted by molar-refractivity contribution is 5.71. The maximum Gasteiger partial charge on any atom is 0.367 e. The molecular weight excluding hydrogens is 172 g/mol. The van der Waals surface area contributed by atoms with Crippen molar-refractivity contribution in [1.29, 1.82) is 0 Å². The van der Waals surface area contributed by atoms with Gasteiger partial charge in [-0.1, -0.05) is 0 Å². The van der Waals surface area contributed by atoms with E-state index < -0.39 is 0 Å². The van der Waals surface area contributed by atoms with Crippen molar-refractivity contribution in [3.63, 3.8) is 0 Å². The van der Waals surface area contributed by atoms with E-state index >= 15 is 0 Å². The van der Waals surface area contributed by atoms with E-state index in [9.17, 15) is 4.79 Å². The van der Waals surface area contributed by atoms with Crippen LogP contribution in [0, 0.1) is 0 Å². The summed E-state index contributed by atoms with van der Waals surface area (Å²) in [6.45, 7) is 6.93. The molecule has 5 nitrogen and oxygen atoms in total. The van der Waals surface area contributed by atoms with Crippen molar-refractivity contribution in [3.8, 4) is 0 Å². The molecule has 5 heteroatoms. The van der Waals surface area contributed by atoms with E-state index in [1.165, 1.54) is 10.1 Å². The SMILES string of the molecule is CCON(C)C(=O)N(CC)OCC. The summed E-state index contributed by atoms with van der Waals surface area (Å²) in [4.78, 5) is 21.5. The number of nitrogens with zero attached hydrogens (tertiary/aromatic N) is 2. The van der Waals surface area contributed by atoms with Crippen molar-refractivity contribution in [2.75, 3.05) is 26.8 Å². The van der Waals surface area contributed by atoms with E-state index in [2.05, 4.69) is 0 Å². The van der Waals surface area contributed by atoms with Gasteiger partial charge in [0.2, 0.25) is 0 Å². The van der Waals surface area contributed by atoms with Crippen LogP contribution in [0.2, 0.25) is 0 Å². The Morgan fingerprint density at radius 3 is 2.08 bits per heavy atom. The minimum atomic E-state index is -0.286. The molecule has 0 spiro atoms. The van der Waals surface area contributed by atoms with Gasteiger partial charge < -0.3 is 0 Å². The number of carbonyl (C=O) groups is 1. The summed E-state index contributed by atoms with van der Waals surface area (Å²) >= 11 is 0. The van der Waals surface area contributed by atoms with E-state index in [0.717, 1.165) is 0 Å². The van der Waals surface area contributed by atoms with Crippen LogP contribution in [0.1, 0.15) is 20.8 Å². The van der Waals surface area contributed by atoms with Gasteiger partial charge in [0.05, 0.1) is 13.2 Å². The third-order valence-corrected chi connectivity index (χ3v) is 1.38. The molecule has 0 aliphatic heterocycles. The Balaban J connectivity index is 4.02. The van der Waals surface area contributed by atoms with Crippen LogP contribution in [0.15, 0.2) is 0 Å². The van der Waals surface area contributed by atoms with E-state index in [0.29, 0.717) is 19.8 Å². The number of hydroxylamine groups is 4. The normalized spacial score (nSPS) is 9.85. The maximum absolute atomic E-state index is 11.5. The van der Waals surface area contributed by atoms with Crippen molar-refractivity contribution >= 4 is 6.03 Å². The molecule has 0 fully saturated rings. The Morgan fingerprint density at radius 1 is 1.15 bits per heavy atom. The third-order valence-electron chi connectivity index (χ3n) is 1.38. The van der Waals surface area contributed by atoms with Crippen LogP contribution in [0.25, 0.3) is 0 Å². The first-order valence-electron chi connectivity index (χ1n) is 4.48. The molecule has 0 aromatic rings. The minimum absolute atomic E-state index is 0.286. The Bertz CT molecular complexity index is 152. The first kappa shape index (κ1) is 12.2. The average Bonchev–Trinajstić information content (AvgIpc) is 2.13. The van der Waals surface area contributed by atoms with Crippen molar-refractivity contribution in [3.05, 3.63) is 0 Å². The highest BCUT2D eigenvalue weighted by Gasteiger charge is 2.16. The highest BCUT2D eigenvalue weighted by atomic mass is 16.7. The lowest BCUT2D eigenvalue weighted by Crippen LogP contribution is -2.41. The topological polar surface area (TPSA) is 42.0 Å². The summed E-state index contributed by atoms with van der Waals surface area (Å²) < 4.78 is 0. The monoisotopic (exact) mass is 190 g/mol. The molecule has 0 aliphatic carbocycles. The van der Waals surface area contributed by atoms with Crippen molar-refractivity contribution in [1.82, 2.24) is 10.1 Å². The average molecular weight is 190 g/mol. The van der Waals surface area contributed by atoms with Gasteiger partial charge >= 0.3 is 6.03 Å². The molecule has 0 aromatic carbocycles. The first-order valence-corrected chi connectivity index (χ1v) is 4.48. The second-order valence-corrected chi connectivity index (χ2v) is 2.31. The van der Waals surface area contributed by atoms with Crippen LogP contribution < -0.4 is 0 Å². The molecule has 0 aromatic heterocycles. The summed E-state index contributed by atoms with van der Waals surface area (Å²) in [7, 11) is 1.56. The van der Waals surface area contributed by atoms with Gasteiger partial charge in [0.25, 0.3) is 0 Å². The predicted octanol–water partition coefficient (Wildman–Crippen LogP) is 1.26. The molecule has 78 valence electrons. The Labute approximate surface area is 79.1 Å². The maximum atomic E-state index is 11.5. The fourth-order valence-electron chi connectivity index (χ4n) is 0.844. The molecule has 0 radical (unpaired) electrons. The zero-order valence-electron chi connectivity index (χ0n) is 8.74. The molecule has 2 amide bonds. The molecule has 0 atom stereocenters. The van der Waals surface area contributed by atoms with Gasteiger partial charge in [0.15, 0.2) is 0 Å². The van der Waals surface area contributed by atoms with Crippen LogP contribution in [0.3, 0.4) is 0 Å². The fraction of sp³-hybridized carbons (Fsp3) is 0.875. The molecule has 0 heterocycles. The third kappa shape index (κ3) is 4.10. The zero-order chi connectivity index (χ0) is 10.3. The Kier molecular flexibility index (Phi) is 6.26. The lowest BCUT2D eigenvalue weighted by atomic mass is 10.7. The van der Waals surface area contributed by atoms with Gasteiger partial charge in [-0.2, -0.15) is 0 Å². The Morgan fingerprint density at radius 2 is 1.69 bits per heavy atom. The second kappa shape index (κ2) is 6.68. The van der Waals surface area contributed by atoms with E-state index in [1.807, 2.05) is 20.8 Å². The molecule has 0 bridgehead atoms. The van der Waals surface area contributed by atoms with Crippen LogP contribution >= 0.6 is 0 Å². The molecule has 0 unspecified atom stereocenters. The number of carbonyl (C=O) groups excluding carboxylic acids is 1. The lowest BCUT2D eigenvalue weighted by molar-refractivity contribution is -0.164. The molecule has 0 saturated heterocycles. The van der Waals surface area contributed by atoms with Gasteiger partial charge in [-0.25, -0.2) is 14.9 Å². The van der Waals surface area contributed by atoms with Crippen molar-refractivity contribution < 1.29 is 14.5 Å². The number of urea groups is 1. The van der Waals surface area contributed by atoms with Crippen molar-refractivity contribution in [2.24, 2.45) is 0 Å². The Hall–Kier alpha value is -0.810. The molecular formula is C8H18N2O3. The van der Waals surface area contributed by atoms with E-state index in [4.69, 9.17) is 9.68 Å². The molecule has 0 aliphatic rings. The van der Waals surface area contributed by atoms with Crippen LogP contribution in [0.5, 0.6) is 0 Å². The summed E-state index contributed by atoms with van der Waals surface area (Å²) in [6.07, 6.45) is 0. The number of rotatable bonds is 5. The van der Waals surface area contributed by atoms with Gasteiger partial charge in [0, 0.05) is 13.6 Å². The molecule has 0 N–H and O–H groups in total. The largest absolute Gasteiger partial charge is 0.367 e. The summed E-state index contributed by atoms with van der Waals surface area (Å²) in [5, 5.41) is 2.43. The van der Waals surface area contributed by atoms with Gasteiger partial charge in [0.1, 0.15) is 0 Å². The smallest absolute Gasteiger partial charge is 0.270 e. The zero-order valence-corrected chi connectivity index (χ0v) is 8.74. The summed E-state index contributed by atoms with van der Waals surface area (Å²) in [5.41, 5.74) is 0. The van der Waals surface area contributed by atoms with Gasteiger partial charge in [-0.3, -0.25) is 9.68 Å². The fourth-order valence-corrected chi connectivity index (χ4v) is 0.844. The quantitative estimate of drug-likeness (QED) is 0.613. The molecule has 0 saturated carbocycles. The first-order chi connectivity index (χ1) is 6.17. The standard InChI is InChI=1S/C8H18N2O3/c1-5-10(13-7-3)8(11)9(4)12-6-2/h5-7H2,1-4H3. The summed E-state index contributed by atoms with van der Waals surface area (Å²) in [6, 6.07) is -0.286. The second-order valence-electron chi connectivity index (χ2n) is 2.31. The van der Waals surface area contributed by atoms with E-state index in [1.54, 1.807) is 7.05 Å². The van der Waals surface area contributed by atoms with Crippen molar-refractivity contribution in [2.45, 2.75) is 20.8 Å². The molecule has 0 rings (SSSR count). The van der Waals surface area contributed by atoms with Crippen LogP contribution in [-0.2, 0) is 9.68 Å². The van der Waals surface area contributed by atoms with Crippen LogP contribution in [0.4, 0.5) is 4.79 Å². The minimum Gasteiger partial charge on any atom is -0.270 e. The van der Waals surface area contributed by atoms with Gasteiger partial charge in [-0.05, 0) is 20.8 Å². The molecule has 13 heavy (non-hydrogen) atoms. The highest BCUT2D eigenvalue weighted by Crippen LogP contribution is 1.98.